The van der Waals surface area contributed by atoms with Gasteiger partial charge in [0, 0.05) is 28.7 Å². The molecule has 1 heterocycles. The molecule has 16 heavy (non-hydrogen) atoms. The number of rotatable bonds is 4. The summed E-state index contributed by atoms with van der Waals surface area (Å²) in [5.41, 5.74) is 2.55. The molecule has 84 valence electrons. The first-order valence-electron chi connectivity index (χ1n) is 5.57. The fourth-order valence-corrected chi connectivity index (χ4v) is 2.27. The first-order valence-corrected chi connectivity index (χ1v) is 5.95. The summed E-state index contributed by atoms with van der Waals surface area (Å²) in [6.45, 7) is 3.74. The van der Waals surface area contributed by atoms with Gasteiger partial charge in [0.1, 0.15) is 0 Å². The number of benzene rings is 1. The molecule has 0 aliphatic rings. The summed E-state index contributed by atoms with van der Waals surface area (Å²) < 4.78 is 2.23. The van der Waals surface area contributed by atoms with Crippen LogP contribution in [0.5, 0.6) is 0 Å². The topological polar surface area (TPSA) is 4.93 Å². The van der Waals surface area contributed by atoms with Crippen molar-refractivity contribution in [1.29, 1.82) is 0 Å². The zero-order chi connectivity index (χ0) is 11.5. The Kier molecular flexibility index (Phi) is 3.35. The normalized spacial score (nSPS) is 10.9. The van der Waals surface area contributed by atoms with E-state index in [1.54, 1.807) is 0 Å². The lowest BCUT2D eigenvalue weighted by atomic mass is 10.2. The Balaban J connectivity index is 2.36. The lowest BCUT2D eigenvalue weighted by Crippen LogP contribution is -1.95. The lowest BCUT2D eigenvalue weighted by molar-refractivity contribution is 0.770. The summed E-state index contributed by atoms with van der Waals surface area (Å²) in [6.07, 6.45) is 5.25. The molecule has 0 aliphatic carbocycles. The van der Waals surface area contributed by atoms with Gasteiger partial charge in [-0.2, -0.15) is 0 Å². The minimum absolute atomic E-state index is 0.836. The van der Waals surface area contributed by atoms with Crippen LogP contribution in [0.2, 0.25) is 5.02 Å². The van der Waals surface area contributed by atoms with Gasteiger partial charge in [-0.3, -0.25) is 0 Å². The number of hydrogen-bond donors (Lipinski definition) is 0. The van der Waals surface area contributed by atoms with E-state index in [9.17, 15) is 0 Å². The van der Waals surface area contributed by atoms with Crippen LogP contribution in [0.4, 0.5) is 0 Å². The van der Waals surface area contributed by atoms with E-state index in [4.69, 9.17) is 11.6 Å². The standard InChI is InChI=1S/C14H16ClN/c1-3-4-5-7-11-10-12-13(15)8-6-9-14(12)16(11)2/h3,6,8-10H,1,4-5,7H2,2H3. The highest BCUT2D eigenvalue weighted by Crippen LogP contribution is 2.26. The van der Waals surface area contributed by atoms with Crippen molar-refractivity contribution in [2.24, 2.45) is 7.05 Å². The first-order chi connectivity index (χ1) is 7.74. The van der Waals surface area contributed by atoms with Gasteiger partial charge in [0.05, 0.1) is 0 Å². The lowest BCUT2D eigenvalue weighted by Gasteiger charge is -2.02. The van der Waals surface area contributed by atoms with Crippen LogP contribution in [-0.2, 0) is 13.5 Å². The highest BCUT2D eigenvalue weighted by Gasteiger charge is 2.07. The number of hydrogen-bond acceptors (Lipinski definition) is 0. The van der Waals surface area contributed by atoms with Crippen molar-refractivity contribution in [3.05, 3.63) is 47.6 Å². The Labute approximate surface area is 101 Å². The number of unbranched alkanes of at least 4 members (excludes halogenated alkanes) is 1. The minimum atomic E-state index is 0.836. The third-order valence-corrected chi connectivity index (χ3v) is 3.30. The first kappa shape index (κ1) is 11.3. The number of allylic oxidation sites excluding steroid dienone is 1. The van der Waals surface area contributed by atoms with Gasteiger partial charge < -0.3 is 4.57 Å². The second-order valence-electron chi connectivity index (χ2n) is 4.05. The summed E-state index contributed by atoms with van der Waals surface area (Å²) in [4.78, 5) is 0. The zero-order valence-electron chi connectivity index (χ0n) is 9.54. The summed E-state index contributed by atoms with van der Waals surface area (Å²) in [6, 6.07) is 8.24. The molecule has 0 saturated heterocycles. The van der Waals surface area contributed by atoms with Crippen molar-refractivity contribution in [3.8, 4) is 0 Å². The zero-order valence-corrected chi connectivity index (χ0v) is 10.3. The molecule has 1 aromatic heterocycles. The van der Waals surface area contributed by atoms with E-state index in [0.29, 0.717) is 0 Å². The maximum absolute atomic E-state index is 6.17. The molecule has 2 aromatic rings. The molecule has 0 unspecified atom stereocenters. The minimum Gasteiger partial charge on any atom is -0.348 e. The molecule has 0 atom stereocenters. The number of aryl methyl sites for hydroxylation is 2. The third kappa shape index (κ3) is 2.00. The van der Waals surface area contributed by atoms with Crippen LogP contribution in [0.3, 0.4) is 0 Å². The fourth-order valence-electron chi connectivity index (χ4n) is 2.05. The van der Waals surface area contributed by atoms with E-state index in [0.717, 1.165) is 29.7 Å². The Hall–Kier alpha value is -1.21. The third-order valence-electron chi connectivity index (χ3n) is 2.97. The van der Waals surface area contributed by atoms with E-state index in [1.807, 2.05) is 18.2 Å². The van der Waals surface area contributed by atoms with Gasteiger partial charge >= 0.3 is 0 Å². The predicted molar refractivity (Wildman–Crippen MR) is 71.1 cm³/mol. The number of halogens is 1. The molecule has 0 bridgehead atoms. The summed E-state index contributed by atoms with van der Waals surface area (Å²) in [5, 5.41) is 1.99. The average Bonchev–Trinajstić information content (AvgIpc) is 2.59. The fraction of sp³-hybridized carbons (Fsp3) is 0.286. The second-order valence-corrected chi connectivity index (χ2v) is 4.46. The largest absolute Gasteiger partial charge is 0.348 e. The Morgan fingerprint density at radius 2 is 2.25 bits per heavy atom. The number of fused-ring (bicyclic) bond motifs is 1. The van der Waals surface area contributed by atoms with Crippen LogP contribution in [0.1, 0.15) is 18.5 Å². The van der Waals surface area contributed by atoms with Gasteiger partial charge in [-0.25, -0.2) is 0 Å². The van der Waals surface area contributed by atoms with E-state index in [2.05, 4.69) is 30.3 Å². The van der Waals surface area contributed by atoms with Gasteiger partial charge in [-0.1, -0.05) is 23.7 Å². The summed E-state index contributed by atoms with van der Waals surface area (Å²) >= 11 is 6.17. The Morgan fingerprint density at radius 1 is 1.44 bits per heavy atom. The molecule has 2 heteroatoms. The van der Waals surface area contributed by atoms with Gasteiger partial charge in [0.25, 0.3) is 0 Å². The maximum Gasteiger partial charge on any atom is 0.0499 e. The van der Waals surface area contributed by atoms with Crippen molar-refractivity contribution in [3.63, 3.8) is 0 Å². The molecule has 2 rings (SSSR count). The molecule has 0 fully saturated rings. The molecule has 0 saturated carbocycles. The van der Waals surface area contributed by atoms with Gasteiger partial charge in [0.15, 0.2) is 0 Å². The molecule has 1 nitrogen and oxygen atoms in total. The maximum atomic E-state index is 6.17. The summed E-state index contributed by atoms with van der Waals surface area (Å²) in [7, 11) is 2.10. The summed E-state index contributed by atoms with van der Waals surface area (Å²) in [5.74, 6) is 0. The van der Waals surface area contributed by atoms with Crippen LogP contribution in [0, 0.1) is 0 Å². The number of aromatic nitrogens is 1. The number of nitrogens with zero attached hydrogens (tertiary/aromatic N) is 1. The highest BCUT2D eigenvalue weighted by molar-refractivity contribution is 6.35. The smallest absolute Gasteiger partial charge is 0.0499 e. The van der Waals surface area contributed by atoms with Crippen LogP contribution in [-0.4, -0.2) is 4.57 Å². The van der Waals surface area contributed by atoms with E-state index >= 15 is 0 Å². The molecule has 0 amide bonds. The van der Waals surface area contributed by atoms with Crippen LogP contribution < -0.4 is 0 Å². The van der Waals surface area contributed by atoms with Crippen molar-refractivity contribution in [2.45, 2.75) is 19.3 Å². The average molecular weight is 234 g/mol. The van der Waals surface area contributed by atoms with Gasteiger partial charge in [-0.05, 0) is 37.5 Å². The van der Waals surface area contributed by atoms with E-state index in [-0.39, 0.29) is 0 Å². The van der Waals surface area contributed by atoms with Crippen molar-refractivity contribution < 1.29 is 0 Å². The monoisotopic (exact) mass is 233 g/mol. The predicted octanol–water partition coefficient (Wildman–Crippen LogP) is 4.34. The quantitative estimate of drug-likeness (QED) is 0.547. The van der Waals surface area contributed by atoms with Gasteiger partial charge in [-0.15, -0.1) is 6.58 Å². The second kappa shape index (κ2) is 4.75. The molecule has 0 aliphatic heterocycles. The molecule has 0 N–H and O–H groups in total. The van der Waals surface area contributed by atoms with Crippen molar-refractivity contribution in [2.75, 3.05) is 0 Å². The highest BCUT2D eigenvalue weighted by atomic mass is 35.5. The molecule has 0 spiro atoms. The SMILES string of the molecule is C=CCCCc1cc2c(Cl)cccc2n1C. The molecule has 1 aromatic carbocycles. The molecule has 0 radical (unpaired) electrons. The van der Waals surface area contributed by atoms with Crippen LogP contribution in [0.15, 0.2) is 36.9 Å². The molecular formula is C14H16ClN. The van der Waals surface area contributed by atoms with Crippen molar-refractivity contribution in [1.82, 2.24) is 4.57 Å². The van der Waals surface area contributed by atoms with Crippen LogP contribution >= 0.6 is 11.6 Å². The molecular weight excluding hydrogens is 218 g/mol. The Morgan fingerprint density at radius 3 is 2.94 bits per heavy atom. The van der Waals surface area contributed by atoms with E-state index < -0.39 is 0 Å². The van der Waals surface area contributed by atoms with Crippen molar-refractivity contribution >= 4 is 22.5 Å². The van der Waals surface area contributed by atoms with Gasteiger partial charge in [0.2, 0.25) is 0 Å². The van der Waals surface area contributed by atoms with Crippen LogP contribution in [0.25, 0.3) is 10.9 Å². The Bertz CT molecular complexity index is 511. The van der Waals surface area contributed by atoms with E-state index in [1.165, 1.54) is 11.2 Å².